The Morgan fingerprint density at radius 3 is 2.46 bits per heavy atom. The van der Waals surface area contributed by atoms with Crippen LogP contribution < -0.4 is 10.6 Å². The van der Waals surface area contributed by atoms with Crippen LogP contribution in [0.3, 0.4) is 0 Å². The van der Waals surface area contributed by atoms with E-state index in [1.807, 2.05) is 43.3 Å². The van der Waals surface area contributed by atoms with Crippen molar-refractivity contribution >= 4 is 51.4 Å². The molecule has 0 aliphatic rings. The highest BCUT2D eigenvalue weighted by Crippen LogP contribution is 2.37. The van der Waals surface area contributed by atoms with Gasteiger partial charge in [-0.1, -0.05) is 53.8 Å². The number of aryl methyl sites for hydroxylation is 1. The quantitative estimate of drug-likeness (QED) is 0.184. The van der Waals surface area contributed by atoms with E-state index in [4.69, 9.17) is 0 Å². The fourth-order valence-corrected chi connectivity index (χ4v) is 4.84. The summed E-state index contributed by atoms with van der Waals surface area (Å²) in [5.74, 6) is -0.719. The number of thioether (sulfide) groups is 1. The summed E-state index contributed by atoms with van der Waals surface area (Å²) in [6.45, 7) is 1.81. The molecule has 2 N–H and O–H groups in total. The summed E-state index contributed by atoms with van der Waals surface area (Å²) < 4.78 is 0. The van der Waals surface area contributed by atoms with Crippen LogP contribution in [0.4, 0.5) is 16.5 Å². The molecule has 1 aromatic heterocycles. The van der Waals surface area contributed by atoms with Gasteiger partial charge in [0, 0.05) is 28.3 Å². The van der Waals surface area contributed by atoms with Crippen LogP contribution in [-0.4, -0.2) is 26.9 Å². The lowest BCUT2D eigenvalue weighted by molar-refractivity contribution is -0.384. The number of nitrogens with zero attached hydrogens (tertiary/aromatic N) is 3. The lowest BCUT2D eigenvalue weighted by Crippen LogP contribution is -2.19. The van der Waals surface area contributed by atoms with Gasteiger partial charge in [-0.25, -0.2) is 0 Å². The van der Waals surface area contributed by atoms with Crippen molar-refractivity contribution in [3.05, 3.63) is 105 Å². The average molecular weight is 506 g/mol. The maximum atomic E-state index is 13.1. The van der Waals surface area contributed by atoms with Crippen LogP contribution in [0.2, 0.25) is 0 Å². The highest BCUT2D eigenvalue weighted by atomic mass is 32.2. The van der Waals surface area contributed by atoms with Crippen molar-refractivity contribution in [3.63, 3.8) is 0 Å². The van der Waals surface area contributed by atoms with Crippen molar-refractivity contribution in [2.75, 3.05) is 10.6 Å². The van der Waals surface area contributed by atoms with Crippen LogP contribution in [0.5, 0.6) is 0 Å². The number of non-ortho nitro benzene ring substituents is 1. The highest BCUT2D eigenvalue weighted by molar-refractivity contribution is 8.00. The van der Waals surface area contributed by atoms with Gasteiger partial charge in [-0.05, 0) is 36.8 Å². The molecule has 0 fully saturated rings. The van der Waals surface area contributed by atoms with Gasteiger partial charge >= 0.3 is 0 Å². The molecule has 9 nitrogen and oxygen atoms in total. The van der Waals surface area contributed by atoms with Crippen molar-refractivity contribution in [1.82, 2.24) is 10.2 Å². The number of carbonyl (C=O) groups excluding carboxylic acids is 2. The normalized spacial score (nSPS) is 11.5. The van der Waals surface area contributed by atoms with E-state index in [1.165, 1.54) is 47.4 Å². The van der Waals surface area contributed by atoms with Crippen molar-refractivity contribution in [3.8, 4) is 0 Å². The summed E-state index contributed by atoms with van der Waals surface area (Å²) in [6.07, 6.45) is 0. The molecule has 1 unspecified atom stereocenters. The van der Waals surface area contributed by atoms with Gasteiger partial charge < -0.3 is 5.32 Å². The van der Waals surface area contributed by atoms with Gasteiger partial charge in [0.25, 0.3) is 11.6 Å². The van der Waals surface area contributed by atoms with E-state index in [9.17, 15) is 19.7 Å². The zero-order valence-corrected chi connectivity index (χ0v) is 20.0. The number of benzene rings is 3. The molecule has 176 valence electrons. The Hall–Kier alpha value is -4.09. The van der Waals surface area contributed by atoms with E-state index in [0.717, 1.165) is 15.5 Å². The molecule has 0 spiro atoms. The number of carbonyl (C=O) groups is 2. The molecule has 2 amide bonds. The standard InChI is InChI=1S/C24H19N5O4S2/c1-15-27-28-24(34-15)26-23(31)21(16-7-3-2-4-8-16)35-20-12-6-10-18(14-20)25-22(30)17-9-5-11-19(13-17)29(32)33/h2-14,21H,1H3,(H,25,30)(H,26,28,31). The minimum absolute atomic E-state index is 0.163. The van der Waals surface area contributed by atoms with Crippen molar-refractivity contribution in [1.29, 1.82) is 0 Å². The zero-order valence-electron chi connectivity index (χ0n) is 18.4. The van der Waals surface area contributed by atoms with Gasteiger partial charge in [-0.2, -0.15) is 0 Å². The number of aromatic nitrogens is 2. The van der Waals surface area contributed by atoms with Crippen molar-refractivity contribution in [2.24, 2.45) is 0 Å². The van der Waals surface area contributed by atoms with Crippen LogP contribution in [0.1, 0.15) is 26.2 Å². The van der Waals surface area contributed by atoms with Crippen LogP contribution in [0, 0.1) is 17.0 Å². The van der Waals surface area contributed by atoms with E-state index in [0.29, 0.717) is 10.8 Å². The molecule has 3 aromatic carbocycles. The third kappa shape index (κ3) is 6.28. The maximum absolute atomic E-state index is 13.1. The fraction of sp³-hybridized carbons (Fsp3) is 0.0833. The zero-order chi connectivity index (χ0) is 24.8. The number of nitro groups is 1. The molecule has 11 heteroatoms. The van der Waals surface area contributed by atoms with Crippen LogP contribution >= 0.6 is 23.1 Å². The maximum Gasteiger partial charge on any atom is 0.270 e. The monoisotopic (exact) mass is 505 g/mol. The molecule has 4 rings (SSSR count). The first kappa shape index (κ1) is 24.0. The van der Waals surface area contributed by atoms with Gasteiger partial charge in [0.15, 0.2) is 0 Å². The minimum atomic E-state index is -0.580. The summed E-state index contributed by atoms with van der Waals surface area (Å²) in [5.41, 5.74) is 1.32. The Labute approximate surface area is 208 Å². The molecule has 1 atom stereocenters. The van der Waals surface area contributed by atoms with Gasteiger partial charge in [-0.3, -0.25) is 25.0 Å². The first-order chi connectivity index (χ1) is 16.9. The topological polar surface area (TPSA) is 127 Å². The molecule has 4 aromatic rings. The number of hydrogen-bond donors (Lipinski definition) is 2. The first-order valence-electron chi connectivity index (χ1n) is 10.4. The lowest BCUT2D eigenvalue weighted by Gasteiger charge is -2.16. The average Bonchev–Trinajstić information content (AvgIpc) is 3.27. The molecule has 0 radical (unpaired) electrons. The predicted molar refractivity (Wildman–Crippen MR) is 136 cm³/mol. The van der Waals surface area contributed by atoms with E-state index < -0.39 is 16.1 Å². The third-order valence-corrected chi connectivity index (χ3v) is 6.76. The Morgan fingerprint density at radius 2 is 1.74 bits per heavy atom. The van der Waals surface area contributed by atoms with Gasteiger partial charge in [0.2, 0.25) is 11.0 Å². The number of rotatable bonds is 8. The second-order valence-corrected chi connectivity index (χ2v) is 9.67. The minimum Gasteiger partial charge on any atom is -0.322 e. The Morgan fingerprint density at radius 1 is 0.971 bits per heavy atom. The SMILES string of the molecule is Cc1nnc(NC(=O)C(Sc2cccc(NC(=O)c3cccc([N+](=O)[O-])c3)c2)c2ccccc2)s1. The predicted octanol–water partition coefficient (Wildman–Crippen LogP) is 5.48. The summed E-state index contributed by atoms with van der Waals surface area (Å²) in [5, 5.41) is 25.1. The van der Waals surface area contributed by atoms with Gasteiger partial charge in [0.05, 0.1) is 4.92 Å². The molecule has 0 aliphatic carbocycles. The molecule has 0 saturated carbocycles. The number of hydrogen-bond acceptors (Lipinski definition) is 8. The Bertz CT molecular complexity index is 1380. The second kappa shape index (κ2) is 10.9. The lowest BCUT2D eigenvalue weighted by atomic mass is 10.1. The third-order valence-electron chi connectivity index (χ3n) is 4.76. The summed E-state index contributed by atoms with van der Waals surface area (Å²) >= 11 is 2.62. The summed E-state index contributed by atoms with van der Waals surface area (Å²) in [4.78, 5) is 37.0. The van der Waals surface area contributed by atoms with Gasteiger partial charge in [-0.15, -0.1) is 22.0 Å². The van der Waals surface area contributed by atoms with Crippen LogP contribution in [0.15, 0.2) is 83.8 Å². The number of amides is 2. The summed E-state index contributed by atoms with van der Waals surface area (Å²) in [6, 6.07) is 21.9. The smallest absolute Gasteiger partial charge is 0.270 e. The number of anilines is 2. The van der Waals surface area contributed by atoms with Crippen molar-refractivity contribution < 1.29 is 14.5 Å². The molecule has 1 heterocycles. The summed E-state index contributed by atoms with van der Waals surface area (Å²) in [7, 11) is 0. The highest BCUT2D eigenvalue weighted by Gasteiger charge is 2.23. The van der Waals surface area contributed by atoms with E-state index in [1.54, 1.807) is 18.2 Å². The number of nitro benzene ring substituents is 1. The number of nitrogens with one attached hydrogen (secondary N) is 2. The second-order valence-electron chi connectivity index (χ2n) is 7.31. The molecule has 0 bridgehead atoms. The fourth-order valence-electron chi connectivity index (χ4n) is 3.17. The van der Waals surface area contributed by atoms with E-state index in [2.05, 4.69) is 20.8 Å². The molecule has 35 heavy (non-hydrogen) atoms. The first-order valence-corrected chi connectivity index (χ1v) is 12.1. The Kier molecular flexibility index (Phi) is 7.48. The van der Waals surface area contributed by atoms with Gasteiger partial charge in [0.1, 0.15) is 10.3 Å². The molecular formula is C24H19N5O4S2. The molecule has 0 saturated heterocycles. The van der Waals surface area contributed by atoms with Crippen LogP contribution in [0.25, 0.3) is 0 Å². The van der Waals surface area contributed by atoms with Crippen LogP contribution in [-0.2, 0) is 4.79 Å². The van der Waals surface area contributed by atoms with Crippen molar-refractivity contribution in [2.45, 2.75) is 17.1 Å². The van der Waals surface area contributed by atoms with E-state index in [-0.39, 0.29) is 17.2 Å². The largest absolute Gasteiger partial charge is 0.322 e. The Balaban J connectivity index is 1.53. The van der Waals surface area contributed by atoms with E-state index >= 15 is 0 Å². The molecule has 0 aliphatic heterocycles. The molecular weight excluding hydrogens is 486 g/mol.